The van der Waals surface area contributed by atoms with E-state index in [0.717, 1.165) is 5.56 Å². The minimum atomic E-state index is -0.484. The van der Waals surface area contributed by atoms with E-state index in [1.54, 1.807) is 55.9 Å². The molecule has 0 aliphatic heterocycles. The first kappa shape index (κ1) is 17.0. The highest BCUT2D eigenvalue weighted by atomic mass is 19.1. The van der Waals surface area contributed by atoms with Crippen molar-refractivity contribution >= 4 is 22.6 Å². The Balaban J connectivity index is 1.85. The Kier molecular flexibility index (Phi) is 3.99. The van der Waals surface area contributed by atoms with Gasteiger partial charge in [0.25, 0.3) is 5.91 Å². The van der Waals surface area contributed by atoms with Crippen LogP contribution in [0.2, 0.25) is 0 Å². The number of nitrogens with one attached hydrogen (secondary N) is 1. The Morgan fingerprint density at radius 1 is 1.22 bits per heavy atom. The molecule has 0 unspecified atom stereocenters. The molecule has 0 atom stereocenters. The molecule has 0 bridgehead atoms. The van der Waals surface area contributed by atoms with Gasteiger partial charge in [-0.2, -0.15) is 5.10 Å². The summed E-state index contributed by atoms with van der Waals surface area (Å²) in [5, 5.41) is 7.63. The maximum atomic E-state index is 14.2. The van der Waals surface area contributed by atoms with Crippen LogP contribution in [0.4, 0.5) is 10.1 Å². The number of aromatic nitrogens is 3. The Morgan fingerprint density at radius 3 is 2.74 bits per heavy atom. The molecule has 7 heteroatoms. The summed E-state index contributed by atoms with van der Waals surface area (Å²) in [5.41, 5.74) is 2.98. The number of furan rings is 1. The largest absolute Gasteiger partial charge is 0.463 e. The third kappa shape index (κ3) is 2.97. The molecule has 0 spiro atoms. The molecule has 0 saturated heterocycles. The third-order valence-electron chi connectivity index (χ3n) is 4.36. The number of anilines is 1. The molecule has 0 radical (unpaired) electrons. The third-order valence-corrected chi connectivity index (χ3v) is 4.36. The second-order valence-corrected chi connectivity index (χ2v) is 6.38. The fourth-order valence-electron chi connectivity index (χ4n) is 3.09. The van der Waals surface area contributed by atoms with Gasteiger partial charge in [0, 0.05) is 7.05 Å². The topological polar surface area (TPSA) is 73.0 Å². The van der Waals surface area contributed by atoms with E-state index in [0.29, 0.717) is 33.7 Å². The van der Waals surface area contributed by atoms with Gasteiger partial charge in [0.15, 0.2) is 11.4 Å². The van der Waals surface area contributed by atoms with E-state index >= 15 is 0 Å². The van der Waals surface area contributed by atoms with Gasteiger partial charge in [-0.25, -0.2) is 9.37 Å². The predicted molar refractivity (Wildman–Crippen MR) is 100 cm³/mol. The van der Waals surface area contributed by atoms with Gasteiger partial charge in [-0.15, -0.1) is 0 Å². The lowest BCUT2D eigenvalue weighted by molar-refractivity contribution is 0.102. The highest BCUT2D eigenvalue weighted by Crippen LogP contribution is 2.28. The van der Waals surface area contributed by atoms with Gasteiger partial charge < -0.3 is 9.73 Å². The number of hydrogen-bond donors (Lipinski definition) is 1. The molecule has 3 aromatic heterocycles. The van der Waals surface area contributed by atoms with Crippen LogP contribution < -0.4 is 5.32 Å². The Labute approximate surface area is 154 Å². The zero-order chi connectivity index (χ0) is 19.1. The summed E-state index contributed by atoms with van der Waals surface area (Å²) in [7, 11) is 1.76. The Bertz CT molecular complexity index is 1160. The van der Waals surface area contributed by atoms with Gasteiger partial charge in [-0.05, 0) is 49.7 Å². The number of aryl methyl sites for hydroxylation is 3. The first-order valence-corrected chi connectivity index (χ1v) is 8.40. The number of hydrogen-bond acceptors (Lipinski definition) is 4. The van der Waals surface area contributed by atoms with Crippen molar-refractivity contribution in [3.05, 3.63) is 65.3 Å². The minimum absolute atomic E-state index is 0.122. The van der Waals surface area contributed by atoms with Gasteiger partial charge in [-0.1, -0.05) is 6.07 Å². The number of amides is 1. The van der Waals surface area contributed by atoms with Crippen molar-refractivity contribution in [2.75, 3.05) is 5.32 Å². The molecular weight excluding hydrogens is 347 g/mol. The zero-order valence-corrected chi connectivity index (χ0v) is 15.1. The van der Waals surface area contributed by atoms with Crippen molar-refractivity contribution in [1.82, 2.24) is 14.8 Å². The quantitative estimate of drug-likeness (QED) is 0.590. The second kappa shape index (κ2) is 6.35. The lowest BCUT2D eigenvalue weighted by Crippen LogP contribution is -2.14. The lowest BCUT2D eigenvalue weighted by atomic mass is 10.1. The molecule has 1 aromatic carbocycles. The molecule has 4 aromatic rings. The van der Waals surface area contributed by atoms with Crippen LogP contribution in [0.5, 0.6) is 0 Å². The lowest BCUT2D eigenvalue weighted by Gasteiger charge is -2.09. The number of pyridine rings is 1. The van der Waals surface area contributed by atoms with Crippen LogP contribution in [0.3, 0.4) is 0 Å². The van der Waals surface area contributed by atoms with Crippen LogP contribution >= 0.6 is 0 Å². The molecule has 0 fully saturated rings. The van der Waals surface area contributed by atoms with Crippen LogP contribution in [0, 0.1) is 19.7 Å². The molecule has 136 valence electrons. The van der Waals surface area contributed by atoms with Gasteiger partial charge in [0.05, 0.1) is 28.6 Å². The molecule has 0 aliphatic rings. The van der Waals surface area contributed by atoms with Crippen LogP contribution in [-0.2, 0) is 7.05 Å². The van der Waals surface area contributed by atoms with Crippen LogP contribution in [0.25, 0.3) is 22.5 Å². The average molecular weight is 364 g/mol. The number of halogens is 1. The summed E-state index contributed by atoms with van der Waals surface area (Å²) in [5.74, 6) is -0.386. The zero-order valence-electron chi connectivity index (χ0n) is 15.1. The first-order valence-electron chi connectivity index (χ1n) is 8.40. The maximum Gasteiger partial charge on any atom is 0.256 e. The summed E-state index contributed by atoms with van der Waals surface area (Å²) < 4.78 is 21.2. The number of rotatable bonds is 3. The predicted octanol–water partition coefficient (Wildman–Crippen LogP) is 4.24. The van der Waals surface area contributed by atoms with Crippen molar-refractivity contribution < 1.29 is 13.6 Å². The smallest absolute Gasteiger partial charge is 0.256 e. The Hall–Kier alpha value is -3.48. The van der Waals surface area contributed by atoms with Crippen LogP contribution in [0.15, 0.2) is 47.1 Å². The monoisotopic (exact) mass is 364 g/mol. The molecule has 1 N–H and O–H groups in total. The molecule has 4 rings (SSSR count). The molecule has 0 aliphatic carbocycles. The number of fused-ring (bicyclic) bond motifs is 1. The summed E-state index contributed by atoms with van der Waals surface area (Å²) >= 11 is 0. The average Bonchev–Trinajstić information content (AvgIpc) is 3.26. The maximum absolute atomic E-state index is 14.2. The van der Waals surface area contributed by atoms with Crippen molar-refractivity contribution in [2.45, 2.75) is 13.8 Å². The SMILES string of the molecule is Cc1ccc(NC(=O)c2cc(-c3ccco3)nc3c2c(C)nn3C)c(F)c1. The van der Waals surface area contributed by atoms with E-state index in [1.165, 1.54) is 12.3 Å². The van der Waals surface area contributed by atoms with E-state index in [2.05, 4.69) is 15.4 Å². The van der Waals surface area contributed by atoms with Crippen molar-refractivity contribution in [3.8, 4) is 11.5 Å². The number of benzene rings is 1. The summed E-state index contributed by atoms with van der Waals surface area (Å²) in [6, 6.07) is 9.81. The highest BCUT2D eigenvalue weighted by Gasteiger charge is 2.20. The van der Waals surface area contributed by atoms with E-state index in [-0.39, 0.29) is 5.69 Å². The standard InChI is InChI=1S/C20H17FN4O2/c1-11-6-7-15(14(21)9-11)23-20(26)13-10-16(17-5-4-8-27-17)22-19-18(13)12(2)24-25(19)3/h4-10H,1-3H3,(H,23,26). The van der Waals surface area contributed by atoms with Crippen LogP contribution in [-0.4, -0.2) is 20.7 Å². The molecule has 1 amide bonds. The van der Waals surface area contributed by atoms with E-state index in [4.69, 9.17) is 4.42 Å². The fourth-order valence-corrected chi connectivity index (χ4v) is 3.09. The molecule has 6 nitrogen and oxygen atoms in total. The van der Waals surface area contributed by atoms with E-state index < -0.39 is 11.7 Å². The summed E-state index contributed by atoms with van der Waals surface area (Å²) in [6.07, 6.45) is 1.54. The van der Waals surface area contributed by atoms with Gasteiger partial charge in [-0.3, -0.25) is 9.48 Å². The van der Waals surface area contributed by atoms with E-state index in [1.807, 2.05) is 0 Å². The van der Waals surface area contributed by atoms with Gasteiger partial charge in [0.2, 0.25) is 0 Å². The molecular formula is C20H17FN4O2. The molecule has 27 heavy (non-hydrogen) atoms. The van der Waals surface area contributed by atoms with Gasteiger partial charge >= 0.3 is 0 Å². The number of carbonyl (C=O) groups excluding carboxylic acids is 1. The normalized spacial score (nSPS) is 11.1. The highest BCUT2D eigenvalue weighted by molar-refractivity contribution is 6.13. The molecule has 0 saturated carbocycles. The van der Waals surface area contributed by atoms with Crippen molar-refractivity contribution in [2.24, 2.45) is 7.05 Å². The van der Waals surface area contributed by atoms with E-state index in [9.17, 15) is 9.18 Å². The van der Waals surface area contributed by atoms with Crippen LogP contribution in [0.1, 0.15) is 21.6 Å². The fraction of sp³-hybridized carbons (Fsp3) is 0.150. The number of nitrogens with zero attached hydrogens (tertiary/aromatic N) is 3. The molecule has 3 heterocycles. The van der Waals surface area contributed by atoms with Gasteiger partial charge in [0.1, 0.15) is 11.5 Å². The van der Waals surface area contributed by atoms with Crippen molar-refractivity contribution in [3.63, 3.8) is 0 Å². The minimum Gasteiger partial charge on any atom is -0.463 e. The van der Waals surface area contributed by atoms with Crippen molar-refractivity contribution in [1.29, 1.82) is 0 Å². The number of carbonyl (C=O) groups is 1. The first-order chi connectivity index (χ1) is 12.9. The Morgan fingerprint density at radius 2 is 2.04 bits per heavy atom. The summed E-state index contributed by atoms with van der Waals surface area (Å²) in [4.78, 5) is 17.5. The second-order valence-electron chi connectivity index (χ2n) is 6.38. The summed E-state index contributed by atoms with van der Waals surface area (Å²) in [6.45, 7) is 3.59.